The lowest BCUT2D eigenvalue weighted by Crippen LogP contribution is -2.42. The lowest BCUT2D eigenvalue weighted by atomic mass is 9.93. The molecule has 1 fully saturated rings. The van der Waals surface area contributed by atoms with Gasteiger partial charge < -0.3 is 4.90 Å². The zero-order valence-electron chi connectivity index (χ0n) is 17.2. The van der Waals surface area contributed by atoms with Gasteiger partial charge in [0, 0.05) is 23.5 Å². The van der Waals surface area contributed by atoms with Crippen LogP contribution in [0.1, 0.15) is 53.2 Å². The molecule has 1 aliphatic rings. The molecule has 28 heavy (non-hydrogen) atoms. The summed E-state index contributed by atoms with van der Waals surface area (Å²) in [5, 5.41) is 0.955. The Morgan fingerprint density at radius 3 is 2.64 bits per heavy atom. The zero-order chi connectivity index (χ0) is 19.8. The highest BCUT2D eigenvalue weighted by Crippen LogP contribution is 2.33. The van der Waals surface area contributed by atoms with Gasteiger partial charge in [-0.2, -0.15) is 0 Å². The van der Waals surface area contributed by atoms with Crippen LogP contribution in [0.4, 0.5) is 0 Å². The van der Waals surface area contributed by atoms with E-state index in [1.807, 2.05) is 24.3 Å². The van der Waals surface area contributed by atoms with Crippen LogP contribution in [0.3, 0.4) is 0 Å². The highest BCUT2D eigenvalue weighted by molar-refractivity contribution is 6.09. The van der Waals surface area contributed by atoms with Gasteiger partial charge in [0.25, 0.3) is 5.91 Å². The van der Waals surface area contributed by atoms with Crippen LogP contribution in [-0.2, 0) is 0 Å². The monoisotopic (exact) mass is 372 g/mol. The van der Waals surface area contributed by atoms with Crippen molar-refractivity contribution in [1.29, 1.82) is 0 Å². The molecule has 1 amide bonds. The number of rotatable bonds is 2. The highest BCUT2D eigenvalue weighted by Gasteiger charge is 2.28. The zero-order valence-corrected chi connectivity index (χ0v) is 17.2. The molecule has 0 radical (unpaired) electrons. The van der Waals surface area contributed by atoms with Crippen LogP contribution in [0.5, 0.6) is 0 Å². The summed E-state index contributed by atoms with van der Waals surface area (Å²) >= 11 is 0. The van der Waals surface area contributed by atoms with E-state index >= 15 is 0 Å². The van der Waals surface area contributed by atoms with Gasteiger partial charge in [-0.3, -0.25) is 4.79 Å². The molecule has 3 nitrogen and oxygen atoms in total. The molecule has 1 saturated heterocycles. The third-order valence-electron chi connectivity index (χ3n) is 6.06. The fourth-order valence-electron chi connectivity index (χ4n) is 4.38. The molecular formula is C25H28N2O. The summed E-state index contributed by atoms with van der Waals surface area (Å²) < 4.78 is 0. The highest BCUT2D eigenvalue weighted by atomic mass is 16.2. The van der Waals surface area contributed by atoms with Crippen LogP contribution in [0.15, 0.2) is 42.5 Å². The molecule has 2 heterocycles. The van der Waals surface area contributed by atoms with E-state index in [9.17, 15) is 4.79 Å². The number of fused-ring (bicyclic) bond motifs is 1. The summed E-state index contributed by atoms with van der Waals surface area (Å²) in [7, 11) is 0. The predicted octanol–water partition coefficient (Wildman–Crippen LogP) is 5.84. The Kier molecular flexibility index (Phi) is 4.92. The van der Waals surface area contributed by atoms with Crippen LogP contribution in [0.2, 0.25) is 0 Å². The van der Waals surface area contributed by atoms with Crippen molar-refractivity contribution >= 4 is 16.8 Å². The van der Waals surface area contributed by atoms with Crippen molar-refractivity contribution in [3.05, 3.63) is 64.7 Å². The van der Waals surface area contributed by atoms with E-state index in [1.165, 1.54) is 17.5 Å². The van der Waals surface area contributed by atoms with Crippen LogP contribution in [0, 0.1) is 20.8 Å². The molecule has 1 aromatic heterocycles. The number of carbonyl (C=O) groups excluding carboxylic acids is 1. The summed E-state index contributed by atoms with van der Waals surface area (Å²) in [6, 6.07) is 14.8. The van der Waals surface area contributed by atoms with Gasteiger partial charge in [-0.1, -0.05) is 35.9 Å². The maximum atomic E-state index is 13.7. The number of pyridine rings is 1. The topological polar surface area (TPSA) is 33.2 Å². The van der Waals surface area contributed by atoms with Crippen LogP contribution in [0.25, 0.3) is 22.2 Å². The van der Waals surface area contributed by atoms with Crippen molar-refractivity contribution in [1.82, 2.24) is 9.88 Å². The molecule has 1 aliphatic heterocycles. The van der Waals surface area contributed by atoms with E-state index < -0.39 is 0 Å². The quantitative estimate of drug-likeness (QED) is 0.566. The van der Waals surface area contributed by atoms with Gasteiger partial charge in [-0.15, -0.1) is 0 Å². The molecule has 0 N–H and O–H groups in total. The Morgan fingerprint density at radius 2 is 1.86 bits per heavy atom. The van der Waals surface area contributed by atoms with E-state index in [0.717, 1.165) is 52.7 Å². The van der Waals surface area contributed by atoms with E-state index in [0.29, 0.717) is 0 Å². The van der Waals surface area contributed by atoms with Gasteiger partial charge in [0.05, 0.1) is 16.8 Å². The van der Waals surface area contributed by atoms with Crippen molar-refractivity contribution < 1.29 is 4.79 Å². The minimum atomic E-state index is 0.148. The number of piperidine rings is 1. The smallest absolute Gasteiger partial charge is 0.255 e. The van der Waals surface area contributed by atoms with Crippen molar-refractivity contribution in [2.24, 2.45) is 0 Å². The SMILES string of the molecule is Cc1ccc(C)c(-c2nc3ccccc3c(C(=O)N3CCCC[C@H]3C)c2C)c1. The predicted molar refractivity (Wildman–Crippen MR) is 116 cm³/mol. The summed E-state index contributed by atoms with van der Waals surface area (Å²) in [6.45, 7) is 9.27. The second kappa shape index (κ2) is 7.38. The number of hydrogen-bond acceptors (Lipinski definition) is 2. The average Bonchev–Trinajstić information content (AvgIpc) is 2.69. The molecule has 0 aliphatic carbocycles. The maximum Gasteiger partial charge on any atom is 0.255 e. The summed E-state index contributed by atoms with van der Waals surface area (Å²) in [5.74, 6) is 0.148. The number of amides is 1. The Hall–Kier alpha value is -2.68. The number of hydrogen-bond donors (Lipinski definition) is 0. The summed E-state index contributed by atoms with van der Waals surface area (Å²) in [5.41, 5.74) is 7.10. The lowest BCUT2D eigenvalue weighted by Gasteiger charge is -2.34. The molecule has 0 saturated carbocycles. The van der Waals surface area contributed by atoms with E-state index in [-0.39, 0.29) is 11.9 Å². The second-order valence-corrected chi connectivity index (χ2v) is 8.14. The first-order chi connectivity index (χ1) is 13.5. The van der Waals surface area contributed by atoms with Crippen molar-refractivity contribution in [2.75, 3.05) is 6.54 Å². The number of carbonyl (C=O) groups is 1. The maximum absolute atomic E-state index is 13.7. The fraction of sp³-hybridized carbons (Fsp3) is 0.360. The molecule has 4 rings (SSSR count). The number of para-hydroxylation sites is 1. The Morgan fingerprint density at radius 1 is 1.07 bits per heavy atom. The number of aryl methyl sites for hydroxylation is 2. The first kappa shape index (κ1) is 18.7. The average molecular weight is 373 g/mol. The van der Waals surface area contributed by atoms with Crippen molar-refractivity contribution in [3.63, 3.8) is 0 Å². The lowest BCUT2D eigenvalue weighted by molar-refractivity contribution is 0.0637. The van der Waals surface area contributed by atoms with E-state index in [2.05, 4.69) is 50.8 Å². The number of likely N-dealkylation sites (tertiary alicyclic amines) is 1. The van der Waals surface area contributed by atoms with Gasteiger partial charge in [-0.25, -0.2) is 4.98 Å². The largest absolute Gasteiger partial charge is 0.336 e. The first-order valence-electron chi connectivity index (χ1n) is 10.3. The third kappa shape index (κ3) is 3.19. The minimum absolute atomic E-state index is 0.148. The molecule has 144 valence electrons. The number of benzene rings is 2. The van der Waals surface area contributed by atoms with Crippen LogP contribution < -0.4 is 0 Å². The van der Waals surface area contributed by atoms with Gasteiger partial charge in [0.15, 0.2) is 0 Å². The van der Waals surface area contributed by atoms with Gasteiger partial charge in [-0.05, 0) is 70.2 Å². The van der Waals surface area contributed by atoms with Crippen LogP contribution >= 0.6 is 0 Å². The fourth-order valence-corrected chi connectivity index (χ4v) is 4.38. The molecule has 2 aromatic carbocycles. The van der Waals surface area contributed by atoms with Crippen LogP contribution in [-0.4, -0.2) is 28.4 Å². The molecular weight excluding hydrogens is 344 g/mol. The van der Waals surface area contributed by atoms with Gasteiger partial charge in [0.2, 0.25) is 0 Å². The molecule has 3 heteroatoms. The van der Waals surface area contributed by atoms with Gasteiger partial charge >= 0.3 is 0 Å². The molecule has 0 bridgehead atoms. The van der Waals surface area contributed by atoms with E-state index in [4.69, 9.17) is 4.98 Å². The van der Waals surface area contributed by atoms with Gasteiger partial charge in [0.1, 0.15) is 0 Å². The van der Waals surface area contributed by atoms with Crippen molar-refractivity contribution in [3.8, 4) is 11.3 Å². The number of aromatic nitrogens is 1. The van der Waals surface area contributed by atoms with Crippen molar-refractivity contribution in [2.45, 2.75) is 53.0 Å². The molecule has 1 atom stereocenters. The molecule has 3 aromatic rings. The second-order valence-electron chi connectivity index (χ2n) is 8.14. The normalized spacial score (nSPS) is 17.1. The Labute approximate surface area is 167 Å². The minimum Gasteiger partial charge on any atom is -0.336 e. The number of nitrogens with zero attached hydrogens (tertiary/aromatic N) is 2. The molecule has 0 spiro atoms. The summed E-state index contributed by atoms with van der Waals surface area (Å²) in [4.78, 5) is 20.7. The first-order valence-corrected chi connectivity index (χ1v) is 10.3. The van der Waals surface area contributed by atoms with E-state index in [1.54, 1.807) is 0 Å². The third-order valence-corrected chi connectivity index (χ3v) is 6.06. The molecule has 0 unspecified atom stereocenters. The summed E-state index contributed by atoms with van der Waals surface area (Å²) in [6.07, 6.45) is 3.37. The Bertz CT molecular complexity index is 1050. The Balaban J connectivity index is 1.96. The standard InChI is InChI=1S/C25H28N2O/c1-16-12-13-17(2)21(15-16)24-19(4)23(20-10-5-6-11-22(20)26-24)25(28)27-14-8-7-9-18(27)3/h5-6,10-13,15,18H,7-9,14H2,1-4H3/t18-/m1/s1.